The highest BCUT2D eigenvalue weighted by Gasteiger charge is 2.31. The van der Waals surface area contributed by atoms with Gasteiger partial charge in [-0.1, -0.05) is 33.1 Å². The Morgan fingerprint density at radius 2 is 1.73 bits per heavy atom. The summed E-state index contributed by atoms with van der Waals surface area (Å²) in [6.07, 6.45) is 8.31. The van der Waals surface area contributed by atoms with Crippen molar-refractivity contribution in [2.45, 2.75) is 70.8 Å². The molecule has 1 saturated carbocycles. The van der Waals surface area contributed by atoms with Gasteiger partial charge in [0.15, 0.2) is 0 Å². The molecule has 0 amide bonds. The molecule has 0 aliphatic heterocycles. The van der Waals surface area contributed by atoms with Crippen molar-refractivity contribution >= 4 is 5.78 Å². The van der Waals surface area contributed by atoms with Gasteiger partial charge in [0.05, 0.1) is 0 Å². The van der Waals surface area contributed by atoms with Crippen molar-refractivity contribution in [2.75, 3.05) is 0 Å². The third kappa shape index (κ3) is 3.60. The summed E-state index contributed by atoms with van der Waals surface area (Å²) in [5, 5.41) is 0. The Labute approximate surface area is 93.6 Å². The lowest BCUT2D eigenvalue weighted by Crippen LogP contribution is -2.44. The first kappa shape index (κ1) is 12.7. The minimum absolute atomic E-state index is 0.169. The van der Waals surface area contributed by atoms with Gasteiger partial charge < -0.3 is 5.73 Å². The first-order valence-corrected chi connectivity index (χ1v) is 6.43. The average Bonchev–Trinajstić information content (AvgIpc) is 2.19. The van der Waals surface area contributed by atoms with Crippen molar-refractivity contribution in [1.29, 1.82) is 0 Å². The second-order valence-electron chi connectivity index (χ2n) is 5.08. The zero-order valence-corrected chi connectivity index (χ0v) is 10.2. The molecule has 0 atom stereocenters. The molecule has 1 aliphatic carbocycles. The monoisotopic (exact) mass is 211 g/mol. The number of carbonyl (C=O) groups is 1. The Morgan fingerprint density at radius 3 is 2.20 bits per heavy atom. The zero-order valence-electron chi connectivity index (χ0n) is 10.2. The van der Waals surface area contributed by atoms with Crippen molar-refractivity contribution < 1.29 is 4.79 Å². The van der Waals surface area contributed by atoms with E-state index in [2.05, 4.69) is 13.8 Å². The van der Waals surface area contributed by atoms with Crippen molar-refractivity contribution in [2.24, 2.45) is 11.7 Å². The maximum Gasteiger partial charge on any atom is 0.137 e. The summed E-state index contributed by atoms with van der Waals surface area (Å²) in [7, 11) is 0. The number of carbonyl (C=O) groups excluding carboxylic acids is 1. The topological polar surface area (TPSA) is 43.1 Å². The van der Waals surface area contributed by atoms with E-state index in [1.54, 1.807) is 0 Å². The summed E-state index contributed by atoms with van der Waals surface area (Å²) in [6, 6.07) is 0. The smallest absolute Gasteiger partial charge is 0.137 e. The van der Waals surface area contributed by atoms with Crippen LogP contribution in [0.4, 0.5) is 0 Å². The second-order valence-corrected chi connectivity index (χ2v) is 5.08. The molecule has 2 N–H and O–H groups in total. The van der Waals surface area contributed by atoms with Crippen LogP contribution in [-0.4, -0.2) is 11.3 Å². The molecule has 1 rings (SSSR count). The van der Waals surface area contributed by atoms with Crippen LogP contribution in [0.25, 0.3) is 0 Å². The van der Waals surface area contributed by atoms with Crippen LogP contribution in [0.15, 0.2) is 0 Å². The van der Waals surface area contributed by atoms with E-state index in [0.717, 1.165) is 25.7 Å². The molecule has 0 aromatic rings. The lowest BCUT2D eigenvalue weighted by Gasteiger charge is -2.33. The number of rotatable bonds is 5. The SMILES string of the molecule is CCC(CC)C(=O)CC1(N)CCCCC1. The molecule has 0 aromatic carbocycles. The third-order valence-corrected chi connectivity index (χ3v) is 3.82. The minimum Gasteiger partial charge on any atom is -0.325 e. The van der Waals surface area contributed by atoms with E-state index < -0.39 is 0 Å². The Morgan fingerprint density at radius 1 is 1.20 bits per heavy atom. The summed E-state index contributed by atoms with van der Waals surface area (Å²) in [4.78, 5) is 12.0. The van der Waals surface area contributed by atoms with Gasteiger partial charge in [-0.3, -0.25) is 4.79 Å². The number of hydrogen-bond acceptors (Lipinski definition) is 2. The molecule has 0 saturated heterocycles. The molecule has 1 aliphatic rings. The molecule has 2 nitrogen and oxygen atoms in total. The summed E-state index contributed by atoms with van der Waals surface area (Å²) in [5.41, 5.74) is 6.12. The molecule has 0 heterocycles. The highest BCUT2D eigenvalue weighted by Crippen LogP contribution is 2.30. The van der Waals surface area contributed by atoms with E-state index in [4.69, 9.17) is 5.73 Å². The largest absolute Gasteiger partial charge is 0.325 e. The molecule has 2 heteroatoms. The van der Waals surface area contributed by atoms with E-state index in [1.807, 2.05) is 0 Å². The Balaban J connectivity index is 2.48. The Kier molecular flexibility index (Phi) is 4.78. The van der Waals surface area contributed by atoms with Crippen LogP contribution >= 0.6 is 0 Å². The summed E-state index contributed by atoms with van der Waals surface area (Å²) in [6.45, 7) is 4.19. The van der Waals surface area contributed by atoms with Gasteiger partial charge in [-0.25, -0.2) is 0 Å². The number of ketones is 1. The molecule has 1 fully saturated rings. The number of Topliss-reactive ketones (excluding diaryl/α,β-unsaturated/α-hetero) is 1. The fourth-order valence-electron chi connectivity index (χ4n) is 2.67. The maximum absolute atomic E-state index is 12.0. The average molecular weight is 211 g/mol. The van der Waals surface area contributed by atoms with Gasteiger partial charge in [0.25, 0.3) is 0 Å². The summed E-state index contributed by atoms with van der Waals surface area (Å²) >= 11 is 0. The zero-order chi connectivity index (χ0) is 11.3. The third-order valence-electron chi connectivity index (χ3n) is 3.82. The Hall–Kier alpha value is -0.370. The number of hydrogen-bond donors (Lipinski definition) is 1. The van der Waals surface area contributed by atoms with Crippen molar-refractivity contribution in [1.82, 2.24) is 0 Å². The highest BCUT2D eigenvalue weighted by atomic mass is 16.1. The number of nitrogens with two attached hydrogens (primary N) is 1. The van der Waals surface area contributed by atoms with Gasteiger partial charge in [-0.15, -0.1) is 0 Å². The fraction of sp³-hybridized carbons (Fsp3) is 0.923. The highest BCUT2D eigenvalue weighted by molar-refractivity contribution is 5.82. The molecule has 0 bridgehead atoms. The van der Waals surface area contributed by atoms with Crippen LogP contribution in [0.2, 0.25) is 0 Å². The van der Waals surface area contributed by atoms with Crippen LogP contribution in [0, 0.1) is 5.92 Å². The van der Waals surface area contributed by atoms with Gasteiger partial charge in [-0.2, -0.15) is 0 Å². The predicted molar refractivity (Wildman–Crippen MR) is 63.7 cm³/mol. The van der Waals surface area contributed by atoms with E-state index in [-0.39, 0.29) is 11.5 Å². The summed E-state index contributed by atoms with van der Waals surface area (Å²) in [5.74, 6) is 0.636. The molecule has 88 valence electrons. The molecular formula is C13H25NO. The van der Waals surface area contributed by atoms with Crippen molar-refractivity contribution in [3.63, 3.8) is 0 Å². The lowest BCUT2D eigenvalue weighted by molar-refractivity contribution is -0.124. The molecule has 0 aromatic heterocycles. The lowest BCUT2D eigenvalue weighted by atomic mass is 9.77. The van der Waals surface area contributed by atoms with Gasteiger partial charge in [-0.05, 0) is 25.7 Å². The fourth-order valence-corrected chi connectivity index (χ4v) is 2.67. The first-order valence-electron chi connectivity index (χ1n) is 6.43. The van der Waals surface area contributed by atoms with E-state index in [1.165, 1.54) is 19.3 Å². The predicted octanol–water partition coefficient (Wildman–Crippen LogP) is 3.04. The van der Waals surface area contributed by atoms with Crippen molar-refractivity contribution in [3.05, 3.63) is 0 Å². The molecular weight excluding hydrogens is 186 g/mol. The quantitative estimate of drug-likeness (QED) is 0.759. The maximum atomic E-state index is 12.0. The Bertz CT molecular complexity index is 203. The standard InChI is InChI=1S/C13H25NO/c1-3-11(4-2)12(15)10-13(14)8-6-5-7-9-13/h11H,3-10,14H2,1-2H3. The van der Waals surface area contributed by atoms with Gasteiger partial charge in [0.2, 0.25) is 0 Å². The molecule has 0 spiro atoms. The first-order chi connectivity index (χ1) is 7.11. The van der Waals surface area contributed by atoms with E-state index in [0.29, 0.717) is 12.2 Å². The normalized spacial score (nSPS) is 20.5. The van der Waals surface area contributed by atoms with Gasteiger partial charge >= 0.3 is 0 Å². The molecule has 15 heavy (non-hydrogen) atoms. The van der Waals surface area contributed by atoms with E-state index >= 15 is 0 Å². The van der Waals surface area contributed by atoms with Crippen LogP contribution in [0.5, 0.6) is 0 Å². The minimum atomic E-state index is -0.169. The van der Waals surface area contributed by atoms with Crippen LogP contribution in [0.1, 0.15) is 65.2 Å². The van der Waals surface area contributed by atoms with E-state index in [9.17, 15) is 4.79 Å². The summed E-state index contributed by atoms with van der Waals surface area (Å²) < 4.78 is 0. The van der Waals surface area contributed by atoms with Crippen LogP contribution < -0.4 is 5.73 Å². The van der Waals surface area contributed by atoms with Crippen molar-refractivity contribution in [3.8, 4) is 0 Å². The van der Waals surface area contributed by atoms with Gasteiger partial charge in [0.1, 0.15) is 5.78 Å². The molecule has 0 unspecified atom stereocenters. The second kappa shape index (κ2) is 5.64. The van der Waals surface area contributed by atoms with Gasteiger partial charge in [0, 0.05) is 17.9 Å². The van der Waals surface area contributed by atoms with Crippen LogP contribution in [0.3, 0.4) is 0 Å². The van der Waals surface area contributed by atoms with Crippen LogP contribution in [-0.2, 0) is 4.79 Å². The molecule has 0 radical (unpaired) electrons.